The number of benzene rings is 2. The van der Waals surface area contributed by atoms with Crippen molar-refractivity contribution in [3.8, 4) is 0 Å². The summed E-state index contributed by atoms with van der Waals surface area (Å²) < 4.78 is 0.933. The maximum Gasteiger partial charge on any atom is 0.319 e. The van der Waals surface area contributed by atoms with Gasteiger partial charge in [0.2, 0.25) is 0 Å². The Hall–Kier alpha value is -1.85. The van der Waals surface area contributed by atoms with E-state index in [1.54, 1.807) is 0 Å². The normalized spacial score (nSPS) is 10.6. The van der Waals surface area contributed by atoms with E-state index in [0.29, 0.717) is 6.54 Å². The fraction of sp³-hybridized carbons (Fsp3) is 0.278. The van der Waals surface area contributed by atoms with Crippen LogP contribution < -0.4 is 10.6 Å². The lowest BCUT2D eigenvalue weighted by atomic mass is 10.1. The molecule has 2 N–H and O–H groups in total. The van der Waals surface area contributed by atoms with Crippen LogP contribution in [0.25, 0.3) is 0 Å². The zero-order chi connectivity index (χ0) is 16.7. The van der Waals surface area contributed by atoms with Gasteiger partial charge in [0, 0.05) is 23.2 Å². The summed E-state index contributed by atoms with van der Waals surface area (Å²) in [5, 5.41) is 5.70. The summed E-state index contributed by atoms with van der Waals surface area (Å²) in [4.78, 5) is 14.2. The summed E-state index contributed by atoms with van der Waals surface area (Å²) in [6, 6.07) is 15.6. The van der Waals surface area contributed by atoms with Crippen molar-refractivity contribution in [2.45, 2.75) is 20.0 Å². The number of hydrogen-bond donors (Lipinski definition) is 2. The van der Waals surface area contributed by atoms with Crippen molar-refractivity contribution in [1.29, 1.82) is 0 Å². The van der Waals surface area contributed by atoms with Crippen LogP contribution in [0.1, 0.15) is 18.1 Å². The molecule has 0 aliphatic heterocycles. The number of amides is 2. The predicted molar refractivity (Wildman–Crippen MR) is 98.5 cm³/mol. The minimum Gasteiger partial charge on any atom is -0.334 e. The summed E-state index contributed by atoms with van der Waals surface area (Å²) in [5.41, 5.74) is 3.10. The van der Waals surface area contributed by atoms with Gasteiger partial charge in [-0.05, 0) is 42.9 Å². The van der Waals surface area contributed by atoms with Gasteiger partial charge in [-0.3, -0.25) is 0 Å². The summed E-state index contributed by atoms with van der Waals surface area (Å²) >= 11 is 3.39. The molecule has 0 bridgehead atoms. The SMILES string of the molecule is CCN(C)Cc1cccc(CNC(=O)Nc2cccc(Br)c2)c1. The van der Waals surface area contributed by atoms with Gasteiger partial charge in [-0.2, -0.15) is 0 Å². The number of nitrogens with one attached hydrogen (secondary N) is 2. The van der Waals surface area contributed by atoms with Gasteiger partial charge in [-0.25, -0.2) is 4.79 Å². The van der Waals surface area contributed by atoms with Gasteiger partial charge in [0.25, 0.3) is 0 Å². The van der Waals surface area contributed by atoms with Crippen molar-refractivity contribution in [3.63, 3.8) is 0 Å². The average molecular weight is 376 g/mol. The van der Waals surface area contributed by atoms with Crippen LogP contribution in [0.2, 0.25) is 0 Å². The van der Waals surface area contributed by atoms with Crippen LogP contribution in [0, 0.1) is 0 Å². The molecule has 0 saturated heterocycles. The van der Waals surface area contributed by atoms with Crippen molar-refractivity contribution < 1.29 is 4.79 Å². The minimum atomic E-state index is -0.209. The molecule has 4 nitrogen and oxygen atoms in total. The molecule has 122 valence electrons. The van der Waals surface area contributed by atoms with Crippen LogP contribution in [0.15, 0.2) is 53.0 Å². The van der Waals surface area contributed by atoms with Gasteiger partial charge >= 0.3 is 6.03 Å². The number of urea groups is 1. The van der Waals surface area contributed by atoms with Crippen LogP contribution in [0.4, 0.5) is 10.5 Å². The second kappa shape index (κ2) is 8.70. The molecule has 2 rings (SSSR count). The molecule has 0 unspecified atom stereocenters. The van der Waals surface area contributed by atoms with E-state index in [0.717, 1.165) is 28.8 Å². The average Bonchev–Trinajstić information content (AvgIpc) is 2.53. The molecule has 0 aliphatic carbocycles. The second-order valence-electron chi connectivity index (χ2n) is 5.47. The Labute approximate surface area is 146 Å². The number of nitrogens with zero attached hydrogens (tertiary/aromatic N) is 1. The van der Waals surface area contributed by atoms with E-state index in [9.17, 15) is 4.79 Å². The summed E-state index contributed by atoms with van der Waals surface area (Å²) in [7, 11) is 2.09. The molecule has 0 heterocycles. The van der Waals surface area contributed by atoms with Crippen LogP contribution in [-0.4, -0.2) is 24.5 Å². The molecular weight excluding hydrogens is 354 g/mol. The summed E-state index contributed by atoms with van der Waals surface area (Å²) in [6.07, 6.45) is 0. The molecule has 0 aliphatic rings. The topological polar surface area (TPSA) is 44.4 Å². The van der Waals surface area contributed by atoms with E-state index in [4.69, 9.17) is 0 Å². The lowest BCUT2D eigenvalue weighted by molar-refractivity contribution is 0.251. The maximum absolute atomic E-state index is 12.0. The highest BCUT2D eigenvalue weighted by Gasteiger charge is 2.03. The smallest absolute Gasteiger partial charge is 0.319 e. The van der Waals surface area contributed by atoms with Crippen molar-refractivity contribution in [2.75, 3.05) is 18.9 Å². The molecule has 2 aromatic carbocycles. The molecule has 2 aromatic rings. The number of halogens is 1. The molecule has 0 saturated carbocycles. The molecule has 0 fully saturated rings. The Kier molecular flexibility index (Phi) is 6.62. The standard InChI is InChI=1S/C18H22BrN3O/c1-3-22(2)13-15-7-4-6-14(10-15)12-20-18(23)21-17-9-5-8-16(19)11-17/h4-11H,3,12-13H2,1-2H3,(H2,20,21,23). The highest BCUT2D eigenvalue weighted by Crippen LogP contribution is 2.15. The Bertz CT molecular complexity index is 660. The fourth-order valence-electron chi connectivity index (χ4n) is 2.19. The van der Waals surface area contributed by atoms with Gasteiger partial charge in [0.1, 0.15) is 0 Å². The van der Waals surface area contributed by atoms with E-state index in [2.05, 4.69) is 57.6 Å². The fourth-order valence-corrected chi connectivity index (χ4v) is 2.58. The first-order valence-corrected chi connectivity index (χ1v) is 8.43. The van der Waals surface area contributed by atoms with Crippen LogP contribution in [0.5, 0.6) is 0 Å². The highest BCUT2D eigenvalue weighted by molar-refractivity contribution is 9.10. The first kappa shape index (κ1) is 17.5. The van der Waals surface area contributed by atoms with Crippen molar-refractivity contribution >= 4 is 27.6 Å². The molecule has 0 aromatic heterocycles. The Morgan fingerprint density at radius 2 is 1.87 bits per heavy atom. The second-order valence-corrected chi connectivity index (χ2v) is 6.38. The van der Waals surface area contributed by atoms with Gasteiger partial charge in [0.15, 0.2) is 0 Å². The third-order valence-electron chi connectivity index (χ3n) is 3.52. The third-order valence-corrected chi connectivity index (χ3v) is 4.01. The Morgan fingerprint density at radius 3 is 2.61 bits per heavy atom. The lowest BCUT2D eigenvalue weighted by Crippen LogP contribution is -2.28. The molecule has 0 radical (unpaired) electrons. The molecule has 23 heavy (non-hydrogen) atoms. The summed E-state index contributed by atoms with van der Waals surface area (Å²) in [6.45, 7) is 4.56. The molecular formula is C18H22BrN3O. The van der Waals surface area contributed by atoms with Crippen LogP contribution in [-0.2, 0) is 13.1 Å². The zero-order valence-corrected chi connectivity index (χ0v) is 15.1. The molecule has 0 atom stereocenters. The predicted octanol–water partition coefficient (Wildman–Crippen LogP) is 4.22. The molecule has 2 amide bonds. The highest BCUT2D eigenvalue weighted by atomic mass is 79.9. The lowest BCUT2D eigenvalue weighted by Gasteiger charge is -2.14. The molecule has 0 spiro atoms. The largest absolute Gasteiger partial charge is 0.334 e. The Balaban J connectivity index is 1.87. The number of hydrogen-bond acceptors (Lipinski definition) is 2. The van der Waals surface area contributed by atoms with Crippen molar-refractivity contribution in [2.24, 2.45) is 0 Å². The quantitative estimate of drug-likeness (QED) is 0.793. The van der Waals surface area contributed by atoms with E-state index < -0.39 is 0 Å². The van der Waals surface area contributed by atoms with E-state index >= 15 is 0 Å². The van der Waals surface area contributed by atoms with E-state index in [1.165, 1.54) is 5.56 Å². The summed E-state index contributed by atoms with van der Waals surface area (Å²) in [5.74, 6) is 0. The van der Waals surface area contributed by atoms with E-state index in [-0.39, 0.29) is 6.03 Å². The first-order valence-electron chi connectivity index (χ1n) is 7.63. The van der Waals surface area contributed by atoms with Gasteiger partial charge in [0.05, 0.1) is 0 Å². The maximum atomic E-state index is 12.0. The van der Waals surface area contributed by atoms with Gasteiger partial charge in [-0.15, -0.1) is 0 Å². The number of rotatable bonds is 6. The number of carbonyl (C=O) groups is 1. The molecule has 5 heteroatoms. The zero-order valence-electron chi connectivity index (χ0n) is 13.5. The van der Waals surface area contributed by atoms with Gasteiger partial charge < -0.3 is 15.5 Å². The minimum absolute atomic E-state index is 0.209. The van der Waals surface area contributed by atoms with Crippen LogP contribution >= 0.6 is 15.9 Å². The van der Waals surface area contributed by atoms with Crippen molar-refractivity contribution in [3.05, 3.63) is 64.1 Å². The monoisotopic (exact) mass is 375 g/mol. The third kappa shape index (κ3) is 6.04. The number of carbonyl (C=O) groups excluding carboxylic acids is 1. The number of anilines is 1. The Morgan fingerprint density at radius 1 is 1.13 bits per heavy atom. The van der Waals surface area contributed by atoms with E-state index in [1.807, 2.05) is 36.4 Å². The first-order chi connectivity index (χ1) is 11.1. The van der Waals surface area contributed by atoms with Crippen LogP contribution in [0.3, 0.4) is 0 Å². The van der Waals surface area contributed by atoms with Gasteiger partial charge in [-0.1, -0.05) is 53.2 Å². The van der Waals surface area contributed by atoms with Crippen molar-refractivity contribution in [1.82, 2.24) is 10.2 Å².